The first-order valence-electron chi connectivity index (χ1n) is 5.99. The van der Waals surface area contributed by atoms with Crippen molar-refractivity contribution in [3.05, 3.63) is 28.8 Å². The van der Waals surface area contributed by atoms with Crippen molar-refractivity contribution < 1.29 is 5.11 Å². The molecule has 17 heavy (non-hydrogen) atoms. The van der Waals surface area contributed by atoms with Crippen LogP contribution in [0, 0.1) is 5.92 Å². The fraction of sp³-hybridized carbons (Fsp3) is 0.538. The van der Waals surface area contributed by atoms with E-state index in [1.165, 1.54) is 12.8 Å². The Hall–Kier alpha value is -0.770. The van der Waals surface area contributed by atoms with Crippen molar-refractivity contribution in [2.24, 2.45) is 11.7 Å². The Morgan fingerprint density at radius 1 is 1.53 bits per heavy atom. The first-order chi connectivity index (χ1) is 8.11. The quantitative estimate of drug-likeness (QED) is 0.847. The number of rotatable bonds is 5. The molecule has 0 saturated heterocycles. The molecule has 1 aliphatic rings. The second-order valence-electron chi connectivity index (χ2n) is 4.83. The summed E-state index contributed by atoms with van der Waals surface area (Å²) in [6.45, 7) is 1.35. The van der Waals surface area contributed by atoms with Gasteiger partial charge in [-0.2, -0.15) is 0 Å². The van der Waals surface area contributed by atoms with E-state index in [-0.39, 0.29) is 0 Å². The lowest BCUT2D eigenvalue weighted by molar-refractivity contribution is 0.213. The monoisotopic (exact) mass is 254 g/mol. The number of phenols is 1. The van der Waals surface area contributed by atoms with Gasteiger partial charge in [0.1, 0.15) is 5.75 Å². The summed E-state index contributed by atoms with van der Waals surface area (Å²) >= 11 is 5.93. The zero-order chi connectivity index (χ0) is 12.4. The summed E-state index contributed by atoms with van der Waals surface area (Å²) in [6, 6.07) is 5.56. The van der Waals surface area contributed by atoms with Crippen LogP contribution in [0.3, 0.4) is 0 Å². The highest BCUT2D eigenvalue weighted by atomic mass is 35.5. The van der Waals surface area contributed by atoms with Gasteiger partial charge in [-0.3, -0.25) is 4.90 Å². The summed E-state index contributed by atoms with van der Waals surface area (Å²) in [4.78, 5) is 2.21. The molecule has 1 aromatic carbocycles. The number of halogens is 1. The Morgan fingerprint density at radius 2 is 2.24 bits per heavy atom. The van der Waals surface area contributed by atoms with Gasteiger partial charge in [-0.25, -0.2) is 0 Å². The molecule has 0 aliphatic heterocycles. The zero-order valence-electron chi connectivity index (χ0n) is 10.1. The van der Waals surface area contributed by atoms with Crippen molar-refractivity contribution in [2.45, 2.75) is 25.4 Å². The number of aromatic hydroxyl groups is 1. The molecule has 3 N–H and O–H groups in total. The van der Waals surface area contributed by atoms with E-state index in [0.29, 0.717) is 29.9 Å². The maximum Gasteiger partial charge on any atom is 0.120 e. The summed E-state index contributed by atoms with van der Waals surface area (Å²) in [7, 11) is 2.05. The second-order valence-corrected chi connectivity index (χ2v) is 5.27. The molecule has 0 bridgehead atoms. The molecule has 0 spiro atoms. The zero-order valence-corrected chi connectivity index (χ0v) is 10.8. The molecule has 4 heteroatoms. The van der Waals surface area contributed by atoms with Crippen LogP contribution in [0.5, 0.6) is 5.75 Å². The molecule has 1 atom stereocenters. The first kappa shape index (κ1) is 12.7. The largest absolute Gasteiger partial charge is 0.508 e. The van der Waals surface area contributed by atoms with Gasteiger partial charge >= 0.3 is 0 Å². The van der Waals surface area contributed by atoms with E-state index in [1.807, 2.05) is 6.07 Å². The lowest BCUT2D eigenvalue weighted by Crippen LogP contribution is -2.39. The summed E-state index contributed by atoms with van der Waals surface area (Å²) in [5.74, 6) is 1.03. The van der Waals surface area contributed by atoms with Crippen molar-refractivity contribution in [1.82, 2.24) is 4.90 Å². The number of hydrogen-bond donors (Lipinski definition) is 2. The predicted octanol–water partition coefficient (Wildman–Crippen LogP) is 2.21. The Kier molecular flexibility index (Phi) is 3.92. The third-order valence-electron chi connectivity index (χ3n) is 3.44. The van der Waals surface area contributed by atoms with E-state index < -0.39 is 0 Å². The molecular formula is C13H19ClN2O. The van der Waals surface area contributed by atoms with Gasteiger partial charge in [0.05, 0.1) is 0 Å². The van der Waals surface area contributed by atoms with E-state index in [0.717, 1.165) is 11.5 Å². The van der Waals surface area contributed by atoms with Gasteiger partial charge in [-0.15, -0.1) is 0 Å². The minimum atomic E-state index is 0.299. The first-order valence-corrected chi connectivity index (χ1v) is 6.37. The molecule has 1 unspecified atom stereocenters. The Labute approximate surface area is 107 Å². The van der Waals surface area contributed by atoms with Gasteiger partial charge in [0.25, 0.3) is 0 Å². The molecule has 1 fully saturated rings. The number of benzene rings is 1. The van der Waals surface area contributed by atoms with Crippen molar-refractivity contribution >= 4 is 11.6 Å². The number of nitrogens with zero attached hydrogens (tertiary/aromatic N) is 1. The van der Waals surface area contributed by atoms with Crippen LogP contribution < -0.4 is 5.73 Å². The van der Waals surface area contributed by atoms with Crippen LogP contribution in [0.15, 0.2) is 18.2 Å². The molecule has 1 aromatic rings. The van der Waals surface area contributed by atoms with E-state index in [9.17, 15) is 5.11 Å². The second kappa shape index (κ2) is 5.25. The van der Waals surface area contributed by atoms with Crippen LogP contribution >= 0.6 is 11.6 Å². The number of phenolic OH excluding ortho intramolecular Hbond substituents is 1. The molecular weight excluding hydrogens is 236 g/mol. The Balaban J connectivity index is 2.05. The van der Waals surface area contributed by atoms with Crippen LogP contribution in [0.1, 0.15) is 18.4 Å². The third kappa shape index (κ3) is 3.12. The average molecular weight is 255 g/mol. The van der Waals surface area contributed by atoms with Crippen LogP contribution in [-0.4, -0.2) is 29.6 Å². The highest BCUT2D eigenvalue weighted by molar-refractivity contribution is 6.30. The molecule has 0 aromatic heterocycles. The minimum absolute atomic E-state index is 0.299. The lowest BCUT2D eigenvalue weighted by atomic mass is 10.1. The summed E-state index contributed by atoms with van der Waals surface area (Å²) in [5.41, 5.74) is 6.67. The third-order valence-corrected chi connectivity index (χ3v) is 3.67. The minimum Gasteiger partial charge on any atom is -0.508 e. The van der Waals surface area contributed by atoms with E-state index in [4.69, 9.17) is 17.3 Å². The van der Waals surface area contributed by atoms with E-state index in [2.05, 4.69) is 11.9 Å². The van der Waals surface area contributed by atoms with Crippen molar-refractivity contribution in [2.75, 3.05) is 13.6 Å². The average Bonchev–Trinajstić information content (AvgIpc) is 3.09. The van der Waals surface area contributed by atoms with Crippen LogP contribution in [0.2, 0.25) is 5.02 Å². The van der Waals surface area contributed by atoms with Gasteiger partial charge in [0.2, 0.25) is 0 Å². The molecule has 0 radical (unpaired) electrons. The van der Waals surface area contributed by atoms with Gasteiger partial charge in [-0.05, 0) is 44.0 Å². The van der Waals surface area contributed by atoms with Crippen LogP contribution in [-0.2, 0) is 6.54 Å². The summed E-state index contributed by atoms with van der Waals surface area (Å²) < 4.78 is 0. The standard InChI is InChI=1S/C13H19ClN2O/c1-16(12(7-15)9-2-3-9)8-10-6-11(14)4-5-13(10)17/h4-6,9,12,17H,2-3,7-8,15H2,1H3. The highest BCUT2D eigenvalue weighted by Gasteiger charge is 2.32. The predicted molar refractivity (Wildman–Crippen MR) is 70.2 cm³/mol. The maximum absolute atomic E-state index is 9.78. The highest BCUT2D eigenvalue weighted by Crippen LogP contribution is 2.35. The van der Waals surface area contributed by atoms with Crippen LogP contribution in [0.4, 0.5) is 0 Å². The van der Waals surface area contributed by atoms with E-state index >= 15 is 0 Å². The molecule has 0 heterocycles. The molecule has 1 aliphatic carbocycles. The maximum atomic E-state index is 9.78. The Bertz CT molecular complexity index is 393. The lowest BCUT2D eigenvalue weighted by Gasteiger charge is -2.27. The molecule has 1 saturated carbocycles. The van der Waals surface area contributed by atoms with E-state index in [1.54, 1.807) is 12.1 Å². The smallest absolute Gasteiger partial charge is 0.120 e. The van der Waals surface area contributed by atoms with Gasteiger partial charge in [0, 0.05) is 29.7 Å². The Morgan fingerprint density at radius 3 is 2.82 bits per heavy atom. The number of nitrogens with two attached hydrogens (primary N) is 1. The van der Waals surface area contributed by atoms with Crippen LogP contribution in [0.25, 0.3) is 0 Å². The van der Waals surface area contributed by atoms with Gasteiger partial charge < -0.3 is 10.8 Å². The normalized spacial score (nSPS) is 17.4. The SMILES string of the molecule is CN(Cc1cc(Cl)ccc1O)C(CN)C1CC1. The fourth-order valence-electron chi connectivity index (χ4n) is 2.28. The fourth-order valence-corrected chi connectivity index (χ4v) is 2.47. The van der Waals surface area contributed by atoms with Gasteiger partial charge in [0.15, 0.2) is 0 Å². The molecule has 94 valence electrons. The van der Waals surface area contributed by atoms with Crippen molar-refractivity contribution in [3.8, 4) is 5.75 Å². The topological polar surface area (TPSA) is 49.5 Å². The number of hydrogen-bond acceptors (Lipinski definition) is 3. The molecule has 2 rings (SSSR count). The summed E-state index contributed by atoms with van der Waals surface area (Å²) in [5, 5.41) is 10.4. The van der Waals surface area contributed by atoms with Crippen molar-refractivity contribution in [1.29, 1.82) is 0 Å². The molecule has 3 nitrogen and oxygen atoms in total. The van der Waals surface area contributed by atoms with Gasteiger partial charge in [-0.1, -0.05) is 11.6 Å². The van der Waals surface area contributed by atoms with Crippen molar-refractivity contribution in [3.63, 3.8) is 0 Å². The summed E-state index contributed by atoms with van der Waals surface area (Å²) in [6.07, 6.45) is 2.54. The number of likely N-dealkylation sites (N-methyl/N-ethyl adjacent to an activating group) is 1. The molecule has 0 amide bonds.